The lowest BCUT2D eigenvalue weighted by Crippen LogP contribution is -2.44. The molecule has 0 aromatic heterocycles. The fourth-order valence-electron chi connectivity index (χ4n) is 2.75. The maximum atomic E-state index is 12.5. The Bertz CT molecular complexity index is 619. The SMILES string of the molecule is CC1CNCCNCCN(C(=O)CCS(=O)(=O)c2ccccc2)C1. The highest BCUT2D eigenvalue weighted by Crippen LogP contribution is 2.12. The molecule has 1 aromatic carbocycles. The first-order valence-electron chi connectivity index (χ1n) is 8.46. The molecule has 0 bridgehead atoms. The number of hydrogen-bond donors (Lipinski definition) is 2. The second kappa shape index (κ2) is 9.15. The molecule has 0 spiro atoms. The van der Waals surface area contributed by atoms with Gasteiger partial charge in [0.05, 0.1) is 10.6 Å². The van der Waals surface area contributed by atoms with Gasteiger partial charge >= 0.3 is 0 Å². The fourth-order valence-corrected chi connectivity index (χ4v) is 4.00. The molecule has 6 nitrogen and oxygen atoms in total. The van der Waals surface area contributed by atoms with E-state index in [1.807, 2.05) is 0 Å². The first-order valence-corrected chi connectivity index (χ1v) is 10.1. The van der Waals surface area contributed by atoms with Crippen molar-refractivity contribution < 1.29 is 13.2 Å². The molecule has 1 amide bonds. The molecule has 2 N–H and O–H groups in total. The van der Waals surface area contributed by atoms with Crippen LogP contribution >= 0.6 is 0 Å². The van der Waals surface area contributed by atoms with E-state index in [9.17, 15) is 13.2 Å². The van der Waals surface area contributed by atoms with Gasteiger partial charge in [-0.2, -0.15) is 0 Å². The largest absolute Gasteiger partial charge is 0.341 e. The third-order valence-corrected chi connectivity index (χ3v) is 5.83. The van der Waals surface area contributed by atoms with Crippen molar-refractivity contribution >= 4 is 15.7 Å². The topological polar surface area (TPSA) is 78.5 Å². The van der Waals surface area contributed by atoms with E-state index in [4.69, 9.17) is 0 Å². The molecule has 134 valence electrons. The van der Waals surface area contributed by atoms with Crippen molar-refractivity contribution in [2.24, 2.45) is 5.92 Å². The van der Waals surface area contributed by atoms with E-state index in [1.54, 1.807) is 35.2 Å². The van der Waals surface area contributed by atoms with Gasteiger partial charge in [-0.15, -0.1) is 0 Å². The van der Waals surface area contributed by atoms with E-state index in [0.29, 0.717) is 19.0 Å². The van der Waals surface area contributed by atoms with Gasteiger partial charge in [-0.05, 0) is 24.6 Å². The van der Waals surface area contributed by atoms with Crippen LogP contribution in [0, 0.1) is 5.92 Å². The molecule has 1 saturated heterocycles. The Morgan fingerprint density at radius 2 is 1.88 bits per heavy atom. The van der Waals surface area contributed by atoms with Crippen LogP contribution < -0.4 is 10.6 Å². The number of hydrogen-bond acceptors (Lipinski definition) is 5. The Hall–Kier alpha value is -1.44. The second-order valence-electron chi connectivity index (χ2n) is 6.28. The highest BCUT2D eigenvalue weighted by Gasteiger charge is 2.21. The van der Waals surface area contributed by atoms with Crippen molar-refractivity contribution in [3.05, 3.63) is 30.3 Å². The van der Waals surface area contributed by atoms with Gasteiger partial charge in [0.15, 0.2) is 9.84 Å². The van der Waals surface area contributed by atoms with Crippen LogP contribution in [-0.4, -0.2) is 64.2 Å². The molecular weight excluding hydrogens is 326 g/mol. The first-order chi connectivity index (χ1) is 11.5. The summed E-state index contributed by atoms with van der Waals surface area (Å²) in [5.41, 5.74) is 0. The molecule has 24 heavy (non-hydrogen) atoms. The van der Waals surface area contributed by atoms with Gasteiger partial charge in [0.25, 0.3) is 0 Å². The van der Waals surface area contributed by atoms with E-state index in [1.165, 1.54) is 0 Å². The highest BCUT2D eigenvalue weighted by atomic mass is 32.2. The summed E-state index contributed by atoms with van der Waals surface area (Å²) in [4.78, 5) is 14.6. The van der Waals surface area contributed by atoms with Gasteiger partial charge in [-0.25, -0.2) is 8.42 Å². The van der Waals surface area contributed by atoms with Crippen LogP contribution in [0.1, 0.15) is 13.3 Å². The van der Waals surface area contributed by atoms with Crippen LogP contribution in [0.15, 0.2) is 35.2 Å². The summed E-state index contributed by atoms with van der Waals surface area (Å²) in [7, 11) is -3.41. The summed E-state index contributed by atoms with van der Waals surface area (Å²) in [5, 5.41) is 6.62. The van der Waals surface area contributed by atoms with Crippen molar-refractivity contribution in [3.63, 3.8) is 0 Å². The average Bonchev–Trinajstić information content (AvgIpc) is 2.59. The standard InChI is InChI=1S/C17H27N3O3S/c1-15-13-19-9-8-18-10-11-20(14-15)17(21)7-12-24(22,23)16-5-3-2-4-6-16/h2-6,15,18-19H,7-14H2,1H3. The molecule has 1 aliphatic heterocycles. The Morgan fingerprint density at radius 3 is 2.62 bits per heavy atom. The van der Waals surface area contributed by atoms with E-state index >= 15 is 0 Å². The van der Waals surface area contributed by atoms with Crippen molar-refractivity contribution in [2.75, 3.05) is 45.0 Å². The molecule has 0 saturated carbocycles. The third kappa shape index (κ3) is 5.89. The predicted octanol–water partition coefficient (Wildman–Crippen LogP) is 0.508. The lowest BCUT2D eigenvalue weighted by Gasteiger charge is -2.28. The number of nitrogens with zero attached hydrogens (tertiary/aromatic N) is 1. The van der Waals surface area contributed by atoms with Gasteiger partial charge < -0.3 is 15.5 Å². The molecule has 1 aliphatic rings. The quantitative estimate of drug-likeness (QED) is 0.825. The Labute approximate surface area is 144 Å². The summed E-state index contributed by atoms with van der Waals surface area (Å²) >= 11 is 0. The molecule has 0 radical (unpaired) electrons. The predicted molar refractivity (Wildman–Crippen MR) is 94.6 cm³/mol. The number of nitrogens with one attached hydrogen (secondary N) is 2. The molecule has 1 aromatic rings. The molecule has 0 aliphatic carbocycles. The van der Waals surface area contributed by atoms with Crippen molar-refractivity contribution in [2.45, 2.75) is 18.2 Å². The molecule has 1 heterocycles. The minimum atomic E-state index is -3.41. The maximum absolute atomic E-state index is 12.5. The zero-order chi connectivity index (χ0) is 17.4. The minimum Gasteiger partial charge on any atom is -0.341 e. The van der Waals surface area contributed by atoms with Crippen molar-refractivity contribution in [1.29, 1.82) is 0 Å². The summed E-state index contributed by atoms with van der Waals surface area (Å²) in [6, 6.07) is 8.31. The van der Waals surface area contributed by atoms with Gasteiger partial charge in [0, 0.05) is 39.1 Å². The number of carbonyl (C=O) groups is 1. The van der Waals surface area contributed by atoms with Gasteiger partial charge in [0.1, 0.15) is 0 Å². The number of carbonyl (C=O) groups excluding carboxylic acids is 1. The van der Waals surface area contributed by atoms with Crippen LogP contribution in [0.2, 0.25) is 0 Å². The molecule has 1 atom stereocenters. The number of benzene rings is 1. The highest BCUT2D eigenvalue weighted by molar-refractivity contribution is 7.91. The van der Waals surface area contributed by atoms with Gasteiger partial charge in [-0.3, -0.25) is 4.79 Å². The number of sulfone groups is 1. The van der Waals surface area contributed by atoms with Crippen LogP contribution in [-0.2, 0) is 14.6 Å². The summed E-state index contributed by atoms with van der Waals surface area (Å²) in [6.45, 7) is 6.75. The summed E-state index contributed by atoms with van der Waals surface area (Å²) in [5.74, 6) is 0.105. The van der Waals surface area contributed by atoms with Crippen LogP contribution in [0.4, 0.5) is 0 Å². The molecule has 7 heteroatoms. The monoisotopic (exact) mass is 353 g/mol. The van der Waals surface area contributed by atoms with E-state index in [-0.39, 0.29) is 23.0 Å². The zero-order valence-corrected chi connectivity index (χ0v) is 15.0. The lowest BCUT2D eigenvalue weighted by molar-refractivity contribution is -0.131. The Kier molecular flexibility index (Phi) is 7.20. The number of rotatable bonds is 4. The average molecular weight is 353 g/mol. The van der Waals surface area contributed by atoms with E-state index in [2.05, 4.69) is 17.6 Å². The van der Waals surface area contributed by atoms with Crippen molar-refractivity contribution in [3.8, 4) is 0 Å². The van der Waals surface area contributed by atoms with E-state index < -0.39 is 9.84 Å². The normalized spacial score (nSPS) is 20.5. The molecule has 1 fully saturated rings. The zero-order valence-electron chi connectivity index (χ0n) is 14.2. The van der Waals surface area contributed by atoms with E-state index in [0.717, 1.165) is 26.2 Å². The number of amides is 1. The Balaban J connectivity index is 1.94. The van der Waals surface area contributed by atoms with Crippen LogP contribution in [0.3, 0.4) is 0 Å². The third-order valence-electron chi connectivity index (χ3n) is 4.10. The maximum Gasteiger partial charge on any atom is 0.223 e. The van der Waals surface area contributed by atoms with Crippen molar-refractivity contribution in [1.82, 2.24) is 15.5 Å². The summed E-state index contributed by atoms with van der Waals surface area (Å²) < 4.78 is 24.6. The molecule has 2 rings (SSSR count). The smallest absolute Gasteiger partial charge is 0.223 e. The molecule has 1 unspecified atom stereocenters. The first kappa shape index (κ1) is 18.9. The minimum absolute atomic E-state index is 0.0252. The lowest BCUT2D eigenvalue weighted by atomic mass is 10.1. The second-order valence-corrected chi connectivity index (χ2v) is 8.39. The van der Waals surface area contributed by atoms with Gasteiger partial charge in [0.2, 0.25) is 5.91 Å². The molecular formula is C17H27N3O3S. The van der Waals surface area contributed by atoms with Gasteiger partial charge in [-0.1, -0.05) is 25.1 Å². The van der Waals surface area contributed by atoms with Crippen LogP contribution in [0.25, 0.3) is 0 Å². The van der Waals surface area contributed by atoms with Crippen LogP contribution in [0.5, 0.6) is 0 Å². The summed E-state index contributed by atoms with van der Waals surface area (Å²) in [6.07, 6.45) is 0.0252. The fraction of sp³-hybridized carbons (Fsp3) is 0.588. The Morgan fingerprint density at radius 1 is 1.17 bits per heavy atom.